The molecule has 1 atom stereocenters. The summed E-state index contributed by atoms with van der Waals surface area (Å²) in [5.74, 6) is 1.20. The Hall–Kier alpha value is -4.32. The normalized spacial score (nSPS) is 14.3. The van der Waals surface area contributed by atoms with Crippen molar-refractivity contribution in [3.63, 3.8) is 0 Å². The van der Waals surface area contributed by atoms with E-state index in [1.807, 2.05) is 55.4 Å². The smallest absolute Gasteiger partial charge is 0.234 e. The van der Waals surface area contributed by atoms with Crippen LogP contribution in [0, 0.1) is 0 Å². The lowest BCUT2D eigenvalue weighted by atomic mass is 9.81. The van der Waals surface area contributed by atoms with Crippen molar-refractivity contribution in [3.8, 4) is 11.6 Å². The molecule has 0 saturated carbocycles. The molecule has 6 heteroatoms. The van der Waals surface area contributed by atoms with Gasteiger partial charge >= 0.3 is 0 Å². The lowest BCUT2D eigenvalue weighted by Crippen LogP contribution is -2.36. The molecule has 0 bridgehead atoms. The predicted octanol–water partition coefficient (Wildman–Crippen LogP) is 6.39. The number of fused-ring (bicyclic) bond motifs is 1. The van der Waals surface area contributed by atoms with Gasteiger partial charge in [-0.25, -0.2) is 4.98 Å². The Labute approximate surface area is 230 Å². The van der Waals surface area contributed by atoms with Gasteiger partial charge in [0, 0.05) is 25.8 Å². The van der Waals surface area contributed by atoms with Crippen molar-refractivity contribution in [2.24, 2.45) is 0 Å². The highest BCUT2D eigenvalue weighted by Gasteiger charge is 2.32. The van der Waals surface area contributed by atoms with Gasteiger partial charge in [-0.3, -0.25) is 4.79 Å². The number of carbonyl (C=O) groups is 1. The number of benzene rings is 3. The van der Waals surface area contributed by atoms with Crippen molar-refractivity contribution in [2.75, 3.05) is 31.0 Å². The Morgan fingerprint density at radius 1 is 0.897 bits per heavy atom. The summed E-state index contributed by atoms with van der Waals surface area (Å²) in [6.07, 6.45) is 4.35. The molecule has 1 unspecified atom stereocenters. The monoisotopic (exact) mass is 521 g/mol. The van der Waals surface area contributed by atoms with E-state index < -0.39 is 0 Å². The van der Waals surface area contributed by atoms with E-state index in [4.69, 9.17) is 9.47 Å². The molecule has 0 fully saturated rings. The Morgan fingerprint density at radius 3 is 2.36 bits per heavy atom. The molecule has 200 valence electrons. The van der Waals surface area contributed by atoms with Crippen molar-refractivity contribution >= 4 is 17.3 Å². The van der Waals surface area contributed by atoms with Crippen LogP contribution in [0.1, 0.15) is 41.0 Å². The predicted molar refractivity (Wildman–Crippen MR) is 156 cm³/mol. The molecule has 39 heavy (non-hydrogen) atoms. The summed E-state index contributed by atoms with van der Waals surface area (Å²) < 4.78 is 11.5. The first-order valence-electron chi connectivity index (χ1n) is 13.4. The quantitative estimate of drug-likeness (QED) is 0.256. The lowest BCUT2D eigenvalue weighted by molar-refractivity contribution is -0.120. The highest BCUT2D eigenvalue weighted by Crippen LogP contribution is 2.39. The molecule has 5 rings (SSSR count). The summed E-state index contributed by atoms with van der Waals surface area (Å²) in [5, 5.41) is 0. The van der Waals surface area contributed by atoms with Crippen LogP contribution in [0.2, 0.25) is 0 Å². The van der Waals surface area contributed by atoms with Crippen molar-refractivity contribution in [3.05, 3.63) is 113 Å². The Bertz CT molecular complexity index is 1390. The topological polar surface area (TPSA) is 54.9 Å². The zero-order chi connectivity index (χ0) is 27.2. The maximum atomic E-state index is 14.3. The Kier molecular flexibility index (Phi) is 8.11. The third-order valence-corrected chi connectivity index (χ3v) is 7.30. The molecule has 1 aliphatic rings. The number of anilines is 2. The first-order valence-corrected chi connectivity index (χ1v) is 13.4. The van der Waals surface area contributed by atoms with E-state index in [2.05, 4.69) is 52.3 Å². The fraction of sp³-hybridized carbons (Fsp3) is 0.273. The van der Waals surface area contributed by atoms with E-state index >= 15 is 0 Å². The first-order chi connectivity index (χ1) is 19.0. The minimum Gasteiger partial charge on any atom is -0.489 e. The largest absolute Gasteiger partial charge is 0.489 e. The number of amides is 1. The maximum Gasteiger partial charge on any atom is 0.234 e. The molecule has 0 saturated heterocycles. The van der Waals surface area contributed by atoms with E-state index in [0.29, 0.717) is 19.0 Å². The van der Waals surface area contributed by atoms with Crippen molar-refractivity contribution in [1.29, 1.82) is 0 Å². The zero-order valence-electron chi connectivity index (χ0n) is 22.8. The van der Waals surface area contributed by atoms with Gasteiger partial charge in [0.05, 0.1) is 31.5 Å². The van der Waals surface area contributed by atoms with E-state index in [1.54, 1.807) is 19.4 Å². The number of pyridine rings is 1. The third-order valence-electron chi connectivity index (χ3n) is 7.30. The van der Waals surface area contributed by atoms with Gasteiger partial charge < -0.3 is 19.3 Å². The summed E-state index contributed by atoms with van der Waals surface area (Å²) in [6, 6.07) is 28.3. The van der Waals surface area contributed by atoms with Crippen LogP contribution in [-0.4, -0.2) is 32.1 Å². The van der Waals surface area contributed by atoms with E-state index in [-0.39, 0.29) is 11.8 Å². The van der Waals surface area contributed by atoms with Crippen molar-refractivity contribution in [1.82, 2.24) is 4.98 Å². The van der Waals surface area contributed by atoms with Crippen molar-refractivity contribution < 1.29 is 14.3 Å². The Morgan fingerprint density at radius 2 is 1.67 bits per heavy atom. The lowest BCUT2D eigenvalue weighted by Gasteiger charge is -2.32. The molecule has 0 N–H and O–H groups in total. The molecular formula is C33H35N3O3. The van der Waals surface area contributed by atoms with Crippen LogP contribution in [0.25, 0.3) is 0 Å². The third kappa shape index (κ3) is 6.06. The Balaban J connectivity index is 1.44. The molecule has 1 heterocycles. The summed E-state index contributed by atoms with van der Waals surface area (Å²) in [7, 11) is 5.63. The average molecular weight is 522 g/mol. The number of hydrogen-bond donors (Lipinski definition) is 0. The minimum absolute atomic E-state index is 0.0693. The molecular weight excluding hydrogens is 486 g/mol. The number of rotatable bonds is 9. The van der Waals surface area contributed by atoms with Crippen LogP contribution in [0.15, 0.2) is 91.1 Å². The van der Waals surface area contributed by atoms with Gasteiger partial charge in [-0.05, 0) is 65.8 Å². The second kappa shape index (κ2) is 12.0. The highest BCUT2D eigenvalue weighted by molar-refractivity contribution is 5.98. The van der Waals surface area contributed by atoms with Crippen LogP contribution in [0.3, 0.4) is 0 Å². The second-order valence-corrected chi connectivity index (χ2v) is 10.1. The number of nitrogens with zero attached hydrogens (tertiary/aromatic N) is 3. The summed E-state index contributed by atoms with van der Waals surface area (Å²) in [5.41, 5.74) is 6.25. The molecule has 0 spiro atoms. The number of hydrogen-bond acceptors (Lipinski definition) is 5. The fourth-order valence-electron chi connectivity index (χ4n) is 5.16. The number of carbonyl (C=O) groups excluding carboxylic acids is 1. The van der Waals surface area contributed by atoms with Crippen LogP contribution in [-0.2, 0) is 24.4 Å². The second-order valence-electron chi connectivity index (χ2n) is 10.1. The van der Waals surface area contributed by atoms with E-state index in [0.717, 1.165) is 58.6 Å². The average Bonchev–Trinajstić information content (AvgIpc) is 2.99. The standard InChI is InChI=1S/C33H35N3O3/c1-35(2)26-17-15-24(16-18-26)22-36(27-19-20-32(38-3)34-21-27)33(37)30-13-7-12-29-28(30)11-8-14-31(29)39-23-25-9-5-4-6-10-25/h4-6,8-11,14-21,30H,7,12-13,22-23H2,1-3H3. The van der Waals surface area contributed by atoms with Gasteiger partial charge in [0.25, 0.3) is 0 Å². The van der Waals surface area contributed by atoms with Crippen LogP contribution in [0.4, 0.5) is 11.4 Å². The summed E-state index contributed by atoms with van der Waals surface area (Å²) in [6.45, 7) is 0.957. The molecule has 1 aromatic heterocycles. The van der Waals surface area contributed by atoms with Crippen LogP contribution < -0.4 is 19.3 Å². The molecule has 1 aliphatic carbocycles. The van der Waals surface area contributed by atoms with Crippen LogP contribution in [0.5, 0.6) is 11.6 Å². The van der Waals surface area contributed by atoms with Gasteiger partial charge in [-0.2, -0.15) is 0 Å². The van der Waals surface area contributed by atoms with E-state index in [1.165, 1.54) is 0 Å². The minimum atomic E-state index is -0.253. The van der Waals surface area contributed by atoms with Crippen LogP contribution >= 0.6 is 0 Å². The summed E-state index contributed by atoms with van der Waals surface area (Å²) >= 11 is 0. The molecule has 3 aromatic carbocycles. The van der Waals surface area contributed by atoms with Gasteiger partial charge in [0.2, 0.25) is 11.8 Å². The molecule has 4 aromatic rings. The van der Waals surface area contributed by atoms with Gasteiger partial charge in [-0.1, -0.05) is 54.6 Å². The number of ether oxygens (including phenoxy) is 2. The first kappa shape index (κ1) is 26.3. The molecule has 0 aliphatic heterocycles. The van der Waals surface area contributed by atoms with Gasteiger partial charge in [0.1, 0.15) is 12.4 Å². The number of aromatic nitrogens is 1. The number of methoxy groups -OCH3 is 1. The summed E-state index contributed by atoms with van der Waals surface area (Å²) in [4.78, 5) is 22.6. The highest BCUT2D eigenvalue weighted by atomic mass is 16.5. The molecule has 1 amide bonds. The maximum absolute atomic E-state index is 14.3. The molecule has 6 nitrogen and oxygen atoms in total. The van der Waals surface area contributed by atoms with Gasteiger partial charge in [-0.15, -0.1) is 0 Å². The van der Waals surface area contributed by atoms with Gasteiger partial charge in [0.15, 0.2) is 0 Å². The SMILES string of the molecule is COc1ccc(N(Cc2ccc(N(C)C)cc2)C(=O)C2CCCc3c(OCc4ccccc4)cccc32)cn1. The fourth-order valence-corrected chi connectivity index (χ4v) is 5.16. The van der Waals surface area contributed by atoms with Crippen molar-refractivity contribution in [2.45, 2.75) is 38.3 Å². The van der Waals surface area contributed by atoms with E-state index in [9.17, 15) is 4.79 Å². The zero-order valence-corrected chi connectivity index (χ0v) is 22.8. The molecule has 0 radical (unpaired) electrons.